The standard InChI is InChI=1S/C17H20BrN/c1-13-3-2-4-14(11-13)7-10-17(19)12-15-5-8-16(18)9-6-15/h2-6,8-9,11,17H,7,10,12,19H2,1H3. The van der Waals surface area contributed by atoms with E-state index in [1.165, 1.54) is 16.7 Å². The maximum absolute atomic E-state index is 6.22. The van der Waals surface area contributed by atoms with Crippen LogP contribution in [0.15, 0.2) is 53.0 Å². The summed E-state index contributed by atoms with van der Waals surface area (Å²) >= 11 is 3.45. The molecule has 0 saturated carbocycles. The van der Waals surface area contributed by atoms with Gasteiger partial charge in [0.25, 0.3) is 0 Å². The minimum absolute atomic E-state index is 0.224. The van der Waals surface area contributed by atoms with Gasteiger partial charge in [-0.15, -0.1) is 0 Å². The Morgan fingerprint density at radius 3 is 2.47 bits per heavy atom. The molecule has 0 aromatic heterocycles. The van der Waals surface area contributed by atoms with Gasteiger partial charge in [0, 0.05) is 10.5 Å². The third-order valence-electron chi connectivity index (χ3n) is 3.30. The number of nitrogens with two attached hydrogens (primary N) is 1. The molecule has 0 radical (unpaired) electrons. The summed E-state index contributed by atoms with van der Waals surface area (Å²) in [7, 11) is 0. The molecule has 2 N–H and O–H groups in total. The van der Waals surface area contributed by atoms with E-state index in [2.05, 4.69) is 71.4 Å². The van der Waals surface area contributed by atoms with Gasteiger partial charge >= 0.3 is 0 Å². The number of hydrogen-bond acceptors (Lipinski definition) is 1. The van der Waals surface area contributed by atoms with Crippen molar-refractivity contribution in [3.63, 3.8) is 0 Å². The fourth-order valence-corrected chi connectivity index (χ4v) is 2.51. The normalized spacial score (nSPS) is 12.4. The van der Waals surface area contributed by atoms with E-state index in [1.807, 2.05) is 0 Å². The number of benzene rings is 2. The van der Waals surface area contributed by atoms with Gasteiger partial charge in [0.2, 0.25) is 0 Å². The summed E-state index contributed by atoms with van der Waals surface area (Å²) in [5, 5.41) is 0. The van der Waals surface area contributed by atoms with Gasteiger partial charge in [0.1, 0.15) is 0 Å². The summed E-state index contributed by atoms with van der Waals surface area (Å²) in [6, 6.07) is 17.3. The number of rotatable bonds is 5. The second-order valence-electron chi connectivity index (χ2n) is 5.12. The van der Waals surface area contributed by atoms with Gasteiger partial charge in [-0.2, -0.15) is 0 Å². The quantitative estimate of drug-likeness (QED) is 0.876. The lowest BCUT2D eigenvalue weighted by atomic mass is 9.99. The van der Waals surface area contributed by atoms with E-state index in [4.69, 9.17) is 5.73 Å². The Morgan fingerprint density at radius 2 is 1.79 bits per heavy atom. The molecule has 2 aromatic rings. The molecule has 0 aliphatic heterocycles. The molecule has 0 aliphatic rings. The summed E-state index contributed by atoms with van der Waals surface area (Å²) < 4.78 is 1.12. The highest BCUT2D eigenvalue weighted by atomic mass is 79.9. The summed E-state index contributed by atoms with van der Waals surface area (Å²) in [6.07, 6.45) is 3.03. The zero-order chi connectivity index (χ0) is 13.7. The molecule has 0 spiro atoms. The van der Waals surface area contributed by atoms with E-state index in [0.717, 1.165) is 23.7 Å². The largest absolute Gasteiger partial charge is 0.327 e. The maximum atomic E-state index is 6.22. The first-order chi connectivity index (χ1) is 9.13. The summed E-state index contributed by atoms with van der Waals surface area (Å²) in [4.78, 5) is 0. The summed E-state index contributed by atoms with van der Waals surface area (Å²) in [5.74, 6) is 0. The Balaban J connectivity index is 1.84. The topological polar surface area (TPSA) is 26.0 Å². The van der Waals surface area contributed by atoms with Crippen molar-refractivity contribution in [2.24, 2.45) is 5.73 Å². The molecule has 2 rings (SSSR count). The number of halogens is 1. The van der Waals surface area contributed by atoms with Gasteiger partial charge in [0.05, 0.1) is 0 Å². The molecule has 1 unspecified atom stereocenters. The van der Waals surface area contributed by atoms with Crippen LogP contribution in [0.5, 0.6) is 0 Å². The summed E-state index contributed by atoms with van der Waals surface area (Å²) in [5.41, 5.74) is 10.2. The van der Waals surface area contributed by atoms with Crippen molar-refractivity contribution >= 4 is 15.9 Å². The molecule has 100 valence electrons. The van der Waals surface area contributed by atoms with Crippen LogP contribution in [-0.4, -0.2) is 6.04 Å². The van der Waals surface area contributed by atoms with Crippen molar-refractivity contribution in [3.8, 4) is 0 Å². The average molecular weight is 318 g/mol. The van der Waals surface area contributed by atoms with E-state index < -0.39 is 0 Å². The van der Waals surface area contributed by atoms with Gasteiger partial charge < -0.3 is 5.73 Å². The van der Waals surface area contributed by atoms with Crippen LogP contribution in [-0.2, 0) is 12.8 Å². The van der Waals surface area contributed by atoms with Crippen molar-refractivity contribution in [1.29, 1.82) is 0 Å². The first-order valence-corrected chi connectivity index (χ1v) is 7.48. The van der Waals surface area contributed by atoms with Crippen molar-refractivity contribution in [1.82, 2.24) is 0 Å². The molecule has 0 amide bonds. The monoisotopic (exact) mass is 317 g/mol. The first kappa shape index (κ1) is 14.3. The molecular formula is C17H20BrN. The molecule has 1 atom stereocenters. The van der Waals surface area contributed by atoms with Crippen LogP contribution in [0.25, 0.3) is 0 Å². The first-order valence-electron chi connectivity index (χ1n) is 6.69. The van der Waals surface area contributed by atoms with Crippen molar-refractivity contribution < 1.29 is 0 Å². The Labute approximate surface area is 124 Å². The van der Waals surface area contributed by atoms with E-state index in [-0.39, 0.29) is 6.04 Å². The second kappa shape index (κ2) is 6.88. The fraction of sp³-hybridized carbons (Fsp3) is 0.294. The predicted molar refractivity (Wildman–Crippen MR) is 85.3 cm³/mol. The molecule has 1 nitrogen and oxygen atoms in total. The van der Waals surface area contributed by atoms with Crippen molar-refractivity contribution in [2.45, 2.75) is 32.2 Å². The Kier molecular flexibility index (Phi) is 5.17. The van der Waals surface area contributed by atoms with E-state index in [9.17, 15) is 0 Å². The zero-order valence-corrected chi connectivity index (χ0v) is 12.9. The van der Waals surface area contributed by atoms with Crippen LogP contribution in [0.3, 0.4) is 0 Å². The van der Waals surface area contributed by atoms with Crippen LogP contribution in [0.2, 0.25) is 0 Å². The van der Waals surface area contributed by atoms with Crippen LogP contribution < -0.4 is 5.73 Å². The molecule has 0 fully saturated rings. The van der Waals surface area contributed by atoms with Crippen LogP contribution in [0.1, 0.15) is 23.1 Å². The molecular weight excluding hydrogens is 298 g/mol. The SMILES string of the molecule is Cc1cccc(CCC(N)Cc2ccc(Br)cc2)c1. The highest BCUT2D eigenvalue weighted by molar-refractivity contribution is 9.10. The lowest BCUT2D eigenvalue weighted by Gasteiger charge is -2.12. The molecule has 0 heterocycles. The third kappa shape index (κ3) is 4.81. The third-order valence-corrected chi connectivity index (χ3v) is 3.83. The highest BCUT2D eigenvalue weighted by Crippen LogP contribution is 2.13. The smallest absolute Gasteiger partial charge is 0.0175 e. The highest BCUT2D eigenvalue weighted by Gasteiger charge is 2.05. The molecule has 0 bridgehead atoms. The zero-order valence-electron chi connectivity index (χ0n) is 11.3. The van der Waals surface area contributed by atoms with Crippen LogP contribution in [0.4, 0.5) is 0 Å². The van der Waals surface area contributed by atoms with E-state index in [0.29, 0.717) is 0 Å². The van der Waals surface area contributed by atoms with Crippen molar-refractivity contribution in [3.05, 3.63) is 69.7 Å². The van der Waals surface area contributed by atoms with E-state index in [1.54, 1.807) is 0 Å². The molecule has 2 aromatic carbocycles. The predicted octanol–water partition coefficient (Wildman–Crippen LogP) is 4.26. The molecule has 19 heavy (non-hydrogen) atoms. The second-order valence-corrected chi connectivity index (χ2v) is 6.03. The maximum Gasteiger partial charge on any atom is 0.0175 e. The minimum atomic E-state index is 0.224. The van der Waals surface area contributed by atoms with Gasteiger partial charge in [-0.25, -0.2) is 0 Å². The Hall–Kier alpha value is -1.12. The van der Waals surface area contributed by atoms with Gasteiger partial charge in [0.15, 0.2) is 0 Å². The Morgan fingerprint density at radius 1 is 1.05 bits per heavy atom. The lowest BCUT2D eigenvalue weighted by molar-refractivity contribution is 0.610. The Bertz CT molecular complexity index is 519. The van der Waals surface area contributed by atoms with Crippen molar-refractivity contribution in [2.75, 3.05) is 0 Å². The molecule has 2 heteroatoms. The minimum Gasteiger partial charge on any atom is -0.327 e. The number of hydrogen-bond donors (Lipinski definition) is 1. The van der Waals surface area contributed by atoms with Gasteiger partial charge in [-0.1, -0.05) is 57.9 Å². The average Bonchev–Trinajstić information content (AvgIpc) is 2.39. The molecule has 0 aliphatic carbocycles. The molecule has 0 saturated heterocycles. The van der Waals surface area contributed by atoms with E-state index >= 15 is 0 Å². The lowest BCUT2D eigenvalue weighted by Crippen LogP contribution is -2.23. The van der Waals surface area contributed by atoms with Gasteiger partial charge in [-0.3, -0.25) is 0 Å². The number of aryl methyl sites for hydroxylation is 2. The van der Waals surface area contributed by atoms with Crippen LogP contribution in [0, 0.1) is 6.92 Å². The van der Waals surface area contributed by atoms with Crippen LogP contribution >= 0.6 is 15.9 Å². The van der Waals surface area contributed by atoms with Gasteiger partial charge in [-0.05, 0) is 49.4 Å². The summed E-state index contributed by atoms with van der Waals surface area (Å²) in [6.45, 7) is 2.13. The fourth-order valence-electron chi connectivity index (χ4n) is 2.25.